The predicted octanol–water partition coefficient (Wildman–Crippen LogP) is 3.22. The maximum Gasteiger partial charge on any atom is 0.478 e. The first-order valence-electron chi connectivity index (χ1n) is 11.3. The summed E-state index contributed by atoms with van der Waals surface area (Å²) in [7, 11) is -2.92. The molecule has 35 heavy (non-hydrogen) atoms. The standard InChI is InChI=1S/C22H36NO11P/c1-20(2,3)33-19(27)23-11-22(6,12-23)18(26)30-14-32-35(28)31-13-21(4,5)17(34-35)15(24)9-8-10-16(25)29-7/h17H,8-14H2,1-7H3/t17-,35?/m0/s1. The van der Waals surface area contributed by atoms with Crippen LogP contribution in [0.4, 0.5) is 4.79 Å². The third-order valence-electron chi connectivity index (χ3n) is 5.49. The van der Waals surface area contributed by atoms with E-state index in [1.807, 2.05) is 0 Å². The first kappa shape index (κ1) is 29.2. The molecule has 2 atom stereocenters. The highest BCUT2D eigenvalue weighted by atomic mass is 31.2. The fourth-order valence-electron chi connectivity index (χ4n) is 3.53. The number of ketones is 1. The number of carbonyl (C=O) groups is 4. The third-order valence-corrected chi connectivity index (χ3v) is 6.82. The fourth-order valence-corrected chi connectivity index (χ4v) is 5.06. The molecule has 0 N–H and O–H groups in total. The highest BCUT2D eigenvalue weighted by Crippen LogP contribution is 2.57. The molecular formula is C22H36NO11P. The van der Waals surface area contributed by atoms with Gasteiger partial charge < -0.3 is 19.1 Å². The van der Waals surface area contributed by atoms with Gasteiger partial charge in [-0.1, -0.05) is 13.8 Å². The van der Waals surface area contributed by atoms with Crippen LogP contribution in [-0.2, 0) is 46.7 Å². The number of likely N-dealkylation sites (tertiary alicyclic amines) is 1. The molecule has 2 saturated heterocycles. The van der Waals surface area contributed by atoms with Crippen LogP contribution in [0, 0.1) is 10.8 Å². The molecule has 0 saturated carbocycles. The molecule has 200 valence electrons. The van der Waals surface area contributed by atoms with Crippen molar-refractivity contribution in [3.63, 3.8) is 0 Å². The lowest BCUT2D eigenvalue weighted by Crippen LogP contribution is -2.61. The van der Waals surface area contributed by atoms with Crippen LogP contribution in [0.25, 0.3) is 0 Å². The van der Waals surface area contributed by atoms with Crippen LogP contribution in [0.3, 0.4) is 0 Å². The van der Waals surface area contributed by atoms with Crippen LogP contribution < -0.4 is 0 Å². The predicted molar refractivity (Wildman–Crippen MR) is 121 cm³/mol. The quantitative estimate of drug-likeness (QED) is 0.191. The topological polar surface area (TPSA) is 144 Å². The van der Waals surface area contributed by atoms with Gasteiger partial charge in [-0.2, -0.15) is 0 Å². The van der Waals surface area contributed by atoms with Gasteiger partial charge in [-0.05, 0) is 34.1 Å². The Bertz CT molecular complexity index is 873. The fraction of sp³-hybridized carbons (Fsp3) is 0.818. The van der Waals surface area contributed by atoms with Gasteiger partial charge in [0, 0.05) is 31.3 Å². The summed E-state index contributed by atoms with van der Waals surface area (Å²) >= 11 is 0. The van der Waals surface area contributed by atoms with Crippen LogP contribution in [0.5, 0.6) is 0 Å². The maximum absolute atomic E-state index is 12.9. The lowest BCUT2D eigenvalue weighted by Gasteiger charge is -2.45. The molecule has 1 unspecified atom stereocenters. The zero-order valence-electron chi connectivity index (χ0n) is 21.4. The van der Waals surface area contributed by atoms with Gasteiger partial charge in [0.1, 0.15) is 17.1 Å². The van der Waals surface area contributed by atoms with E-state index in [2.05, 4.69) is 4.74 Å². The summed E-state index contributed by atoms with van der Waals surface area (Å²) in [5.74, 6) is -1.45. The minimum absolute atomic E-state index is 0.0185. The van der Waals surface area contributed by atoms with Crippen molar-refractivity contribution in [1.82, 2.24) is 4.90 Å². The van der Waals surface area contributed by atoms with E-state index in [1.165, 1.54) is 12.0 Å². The number of hydrogen-bond donors (Lipinski definition) is 0. The minimum Gasteiger partial charge on any atom is -0.469 e. The number of phosphoric ester groups is 1. The lowest BCUT2D eigenvalue weighted by atomic mass is 9.82. The molecule has 1 amide bonds. The average Bonchev–Trinajstić information content (AvgIpc) is 2.71. The largest absolute Gasteiger partial charge is 0.478 e. The van der Waals surface area contributed by atoms with Crippen LogP contribution in [0.1, 0.15) is 60.8 Å². The van der Waals surface area contributed by atoms with Gasteiger partial charge in [0.15, 0.2) is 5.78 Å². The first-order chi connectivity index (χ1) is 16.0. The van der Waals surface area contributed by atoms with E-state index in [9.17, 15) is 23.7 Å². The van der Waals surface area contributed by atoms with Gasteiger partial charge in [-0.15, -0.1) is 0 Å². The van der Waals surface area contributed by atoms with Gasteiger partial charge in [-0.3, -0.25) is 23.4 Å². The normalized spacial score (nSPS) is 25.2. The number of methoxy groups -OCH3 is 1. The van der Waals surface area contributed by atoms with Gasteiger partial charge in [0.25, 0.3) is 0 Å². The van der Waals surface area contributed by atoms with Gasteiger partial charge in [-0.25, -0.2) is 13.9 Å². The third kappa shape index (κ3) is 7.99. The SMILES string of the molecule is COC(=O)CCCC(=O)[C@@H]1OP(=O)(OCOC(=O)C2(C)CN(C(=O)OC(C)(C)C)C2)OCC1(C)C. The van der Waals surface area contributed by atoms with E-state index < -0.39 is 55.2 Å². The number of phosphoric acid groups is 1. The number of carbonyl (C=O) groups excluding carboxylic acids is 4. The number of esters is 2. The summed E-state index contributed by atoms with van der Waals surface area (Å²) in [4.78, 5) is 49.9. The Balaban J connectivity index is 1.84. The zero-order chi connectivity index (χ0) is 26.7. The number of nitrogens with zero attached hydrogens (tertiary/aromatic N) is 1. The Hall–Kier alpha value is -2.01. The molecule has 2 aliphatic heterocycles. The molecule has 2 heterocycles. The van der Waals surface area contributed by atoms with Crippen LogP contribution >= 0.6 is 7.82 Å². The molecule has 0 spiro atoms. The second-order valence-electron chi connectivity index (χ2n) is 10.7. The molecule has 12 nitrogen and oxygen atoms in total. The summed E-state index contributed by atoms with van der Waals surface area (Å²) < 4.78 is 43.6. The minimum atomic E-state index is -4.18. The molecule has 0 aromatic carbocycles. The summed E-state index contributed by atoms with van der Waals surface area (Å²) in [6.07, 6.45) is -1.28. The van der Waals surface area contributed by atoms with E-state index in [0.29, 0.717) is 0 Å². The second-order valence-corrected chi connectivity index (χ2v) is 12.3. The Labute approximate surface area is 205 Å². The van der Waals surface area contributed by atoms with Crippen molar-refractivity contribution in [3.8, 4) is 0 Å². The number of Topliss-reactive ketones (excluding diaryl/α,β-unsaturated/α-hetero) is 1. The first-order valence-corrected chi connectivity index (χ1v) is 12.8. The van der Waals surface area contributed by atoms with E-state index in [1.54, 1.807) is 41.5 Å². The summed E-state index contributed by atoms with van der Waals surface area (Å²) in [6, 6.07) is 0. The summed E-state index contributed by atoms with van der Waals surface area (Å²) in [5.41, 5.74) is -2.41. The Morgan fingerprint density at radius 1 is 1.09 bits per heavy atom. The van der Waals surface area contributed by atoms with Gasteiger partial charge in [0.05, 0.1) is 13.7 Å². The van der Waals surface area contributed by atoms with E-state index in [0.717, 1.165) is 0 Å². The summed E-state index contributed by atoms with van der Waals surface area (Å²) in [5, 5.41) is 0. The molecule has 0 aromatic rings. The van der Waals surface area contributed by atoms with Crippen molar-refractivity contribution in [3.05, 3.63) is 0 Å². The molecule has 2 rings (SSSR count). The maximum atomic E-state index is 12.9. The van der Waals surface area contributed by atoms with Crippen LogP contribution in [0.2, 0.25) is 0 Å². The van der Waals surface area contributed by atoms with Crippen LogP contribution in [-0.4, -0.2) is 74.0 Å². The van der Waals surface area contributed by atoms with Crippen molar-refractivity contribution < 1.29 is 51.5 Å². The van der Waals surface area contributed by atoms with E-state index >= 15 is 0 Å². The van der Waals surface area contributed by atoms with Crippen molar-refractivity contribution in [1.29, 1.82) is 0 Å². The Morgan fingerprint density at radius 2 is 1.71 bits per heavy atom. The lowest BCUT2D eigenvalue weighted by molar-refractivity contribution is -0.173. The Morgan fingerprint density at radius 3 is 2.29 bits per heavy atom. The molecule has 0 bridgehead atoms. The molecule has 2 fully saturated rings. The van der Waals surface area contributed by atoms with Crippen LogP contribution in [0.15, 0.2) is 0 Å². The highest BCUT2D eigenvalue weighted by Gasteiger charge is 2.51. The molecular weight excluding hydrogens is 485 g/mol. The zero-order valence-corrected chi connectivity index (χ0v) is 22.3. The molecule has 2 aliphatic rings. The Kier molecular flexibility index (Phi) is 9.14. The number of hydrogen-bond acceptors (Lipinski definition) is 11. The monoisotopic (exact) mass is 521 g/mol. The van der Waals surface area contributed by atoms with Gasteiger partial charge in [0.2, 0.25) is 6.79 Å². The van der Waals surface area contributed by atoms with Crippen molar-refractivity contribution in [2.75, 3.05) is 33.6 Å². The number of amides is 1. The molecule has 0 radical (unpaired) electrons. The molecule has 0 aliphatic carbocycles. The molecule has 0 aromatic heterocycles. The number of ether oxygens (including phenoxy) is 3. The van der Waals surface area contributed by atoms with Crippen molar-refractivity contribution >= 4 is 31.6 Å². The van der Waals surface area contributed by atoms with Gasteiger partial charge >= 0.3 is 25.9 Å². The van der Waals surface area contributed by atoms with E-state index in [4.69, 9.17) is 23.0 Å². The van der Waals surface area contributed by atoms with E-state index in [-0.39, 0.29) is 44.7 Å². The second kappa shape index (κ2) is 10.9. The van der Waals surface area contributed by atoms with Crippen molar-refractivity contribution in [2.24, 2.45) is 10.8 Å². The smallest absolute Gasteiger partial charge is 0.469 e. The molecule has 13 heteroatoms. The summed E-state index contributed by atoms with van der Waals surface area (Å²) in [6.45, 7) is 9.68. The number of rotatable bonds is 9. The average molecular weight is 522 g/mol. The highest BCUT2D eigenvalue weighted by molar-refractivity contribution is 7.48. The van der Waals surface area contributed by atoms with Crippen molar-refractivity contribution in [2.45, 2.75) is 72.5 Å².